The first-order valence-electron chi connectivity index (χ1n) is 6.80. The fourth-order valence-corrected chi connectivity index (χ4v) is 2.68. The molecule has 0 aliphatic rings. The third-order valence-electron chi connectivity index (χ3n) is 3.20. The first kappa shape index (κ1) is 15.6. The number of carbonyl (C=O) groups is 1. The van der Waals surface area contributed by atoms with Gasteiger partial charge in [0.15, 0.2) is 6.61 Å². The van der Waals surface area contributed by atoms with E-state index in [-0.39, 0.29) is 18.6 Å². The molecule has 0 aromatic heterocycles. The number of amides is 1. The maximum absolute atomic E-state index is 12.0. The van der Waals surface area contributed by atoms with Gasteiger partial charge in [-0.2, -0.15) is 0 Å². The molecule has 1 atom stereocenters. The Morgan fingerprint density at radius 1 is 1.19 bits per heavy atom. The van der Waals surface area contributed by atoms with E-state index in [9.17, 15) is 4.79 Å². The van der Waals surface area contributed by atoms with E-state index < -0.39 is 0 Å². The second-order valence-corrected chi connectivity index (χ2v) is 5.72. The number of benzene rings is 2. The van der Waals surface area contributed by atoms with Crippen molar-refractivity contribution in [2.45, 2.75) is 19.9 Å². The summed E-state index contributed by atoms with van der Waals surface area (Å²) in [4.78, 5) is 12.0. The Labute approximate surface area is 133 Å². The first-order valence-corrected chi connectivity index (χ1v) is 7.59. The quantitative estimate of drug-likeness (QED) is 0.887. The van der Waals surface area contributed by atoms with Gasteiger partial charge >= 0.3 is 0 Å². The van der Waals surface area contributed by atoms with Crippen molar-refractivity contribution in [3.63, 3.8) is 0 Å². The van der Waals surface area contributed by atoms with Crippen LogP contribution in [0, 0.1) is 6.92 Å². The Morgan fingerprint density at radius 2 is 1.86 bits per heavy atom. The largest absolute Gasteiger partial charge is 0.484 e. The van der Waals surface area contributed by atoms with Crippen molar-refractivity contribution >= 4 is 21.8 Å². The summed E-state index contributed by atoms with van der Waals surface area (Å²) in [5.41, 5.74) is 2.06. The lowest BCUT2D eigenvalue weighted by Crippen LogP contribution is -2.31. The first-order chi connectivity index (χ1) is 10.1. The van der Waals surface area contributed by atoms with Crippen LogP contribution >= 0.6 is 15.9 Å². The topological polar surface area (TPSA) is 38.3 Å². The van der Waals surface area contributed by atoms with Crippen molar-refractivity contribution in [3.05, 3.63) is 64.1 Å². The number of hydrogen-bond acceptors (Lipinski definition) is 2. The lowest BCUT2D eigenvalue weighted by atomic mass is 10.1. The van der Waals surface area contributed by atoms with Crippen LogP contribution < -0.4 is 10.1 Å². The molecule has 0 spiro atoms. The van der Waals surface area contributed by atoms with Gasteiger partial charge in [-0.05, 0) is 37.1 Å². The van der Waals surface area contributed by atoms with Crippen LogP contribution in [0.5, 0.6) is 5.75 Å². The number of para-hydroxylation sites is 1. The molecule has 2 rings (SSSR count). The molecule has 1 amide bonds. The monoisotopic (exact) mass is 347 g/mol. The predicted molar refractivity (Wildman–Crippen MR) is 87.4 cm³/mol. The molecule has 1 unspecified atom stereocenters. The summed E-state index contributed by atoms with van der Waals surface area (Å²) in [7, 11) is 0. The minimum atomic E-state index is -0.137. The van der Waals surface area contributed by atoms with Crippen molar-refractivity contribution in [2.24, 2.45) is 0 Å². The van der Waals surface area contributed by atoms with Gasteiger partial charge in [-0.3, -0.25) is 4.79 Å². The van der Waals surface area contributed by atoms with Gasteiger partial charge in [0.2, 0.25) is 0 Å². The van der Waals surface area contributed by atoms with Crippen molar-refractivity contribution in [3.8, 4) is 5.75 Å². The summed E-state index contributed by atoms with van der Waals surface area (Å²) < 4.78 is 6.53. The summed E-state index contributed by atoms with van der Waals surface area (Å²) in [6.07, 6.45) is 0. The molecular weight excluding hydrogens is 330 g/mol. The van der Waals surface area contributed by atoms with Gasteiger partial charge in [0.05, 0.1) is 6.04 Å². The van der Waals surface area contributed by atoms with Crippen LogP contribution in [-0.2, 0) is 4.79 Å². The van der Waals surface area contributed by atoms with Crippen LogP contribution in [0.3, 0.4) is 0 Å². The number of carbonyl (C=O) groups excluding carboxylic acids is 1. The molecule has 2 aromatic carbocycles. The molecule has 1 N–H and O–H groups in total. The molecule has 0 saturated heterocycles. The van der Waals surface area contributed by atoms with Gasteiger partial charge in [0.25, 0.3) is 5.91 Å². The van der Waals surface area contributed by atoms with Gasteiger partial charge in [-0.25, -0.2) is 0 Å². The number of hydrogen-bond donors (Lipinski definition) is 1. The van der Waals surface area contributed by atoms with E-state index in [2.05, 4.69) is 21.2 Å². The van der Waals surface area contributed by atoms with Crippen LogP contribution in [0.25, 0.3) is 0 Å². The van der Waals surface area contributed by atoms with E-state index in [0.29, 0.717) is 0 Å². The van der Waals surface area contributed by atoms with Gasteiger partial charge in [-0.15, -0.1) is 0 Å². The maximum Gasteiger partial charge on any atom is 0.258 e. The fourth-order valence-electron chi connectivity index (χ4n) is 2.05. The second kappa shape index (κ2) is 7.27. The molecule has 2 aromatic rings. The Balaban J connectivity index is 1.90. The van der Waals surface area contributed by atoms with Gasteiger partial charge in [-0.1, -0.05) is 52.3 Å². The van der Waals surface area contributed by atoms with Gasteiger partial charge < -0.3 is 10.1 Å². The zero-order valence-corrected chi connectivity index (χ0v) is 13.7. The molecule has 0 aliphatic heterocycles. The molecule has 4 heteroatoms. The number of nitrogens with one attached hydrogen (secondary N) is 1. The molecule has 3 nitrogen and oxygen atoms in total. The van der Waals surface area contributed by atoms with E-state index >= 15 is 0 Å². The lowest BCUT2D eigenvalue weighted by Gasteiger charge is -2.16. The van der Waals surface area contributed by atoms with E-state index in [4.69, 9.17) is 4.74 Å². The molecule has 0 saturated carbocycles. The normalized spacial score (nSPS) is 11.8. The number of ether oxygens (including phenoxy) is 1. The highest BCUT2D eigenvalue weighted by molar-refractivity contribution is 9.10. The summed E-state index contributed by atoms with van der Waals surface area (Å²) in [6, 6.07) is 15.4. The molecule has 0 heterocycles. The zero-order chi connectivity index (χ0) is 15.2. The van der Waals surface area contributed by atoms with Crippen molar-refractivity contribution < 1.29 is 9.53 Å². The van der Waals surface area contributed by atoms with Crippen LogP contribution in [0.2, 0.25) is 0 Å². The Kier molecular flexibility index (Phi) is 5.39. The molecule has 0 fully saturated rings. The SMILES string of the molecule is Cc1ccccc1OCC(=O)NC(C)c1ccccc1Br. The predicted octanol–water partition coefficient (Wildman–Crippen LogP) is 4.01. The molecular formula is C17H18BrNO2. The number of aryl methyl sites for hydroxylation is 1. The van der Waals surface area contributed by atoms with E-state index in [1.54, 1.807) is 0 Å². The fraction of sp³-hybridized carbons (Fsp3) is 0.235. The average Bonchev–Trinajstić information content (AvgIpc) is 2.46. The van der Waals surface area contributed by atoms with Crippen molar-refractivity contribution in [1.29, 1.82) is 0 Å². The minimum absolute atomic E-state index is 0.0135. The van der Waals surface area contributed by atoms with Crippen molar-refractivity contribution in [1.82, 2.24) is 5.32 Å². The molecule has 0 radical (unpaired) electrons. The molecule has 21 heavy (non-hydrogen) atoms. The highest BCUT2D eigenvalue weighted by Gasteiger charge is 2.12. The van der Waals surface area contributed by atoms with E-state index in [0.717, 1.165) is 21.3 Å². The molecule has 0 aliphatic carbocycles. The molecule has 110 valence electrons. The highest BCUT2D eigenvalue weighted by Crippen LogP contribution is 2.22. The third-order valence-corrected chi connectivity index (χ3v) is 3.92. The standard InChI is InChI=1S/C17H18BrNO2/c1-12-7-3-6-10-16(12)21-11-17(20)19-13(2)14-8-4-5-9-15(14)18/h3-10,13H,11H2,1-2H3,(H,19,20). The number of rotatable bonds is 5. The van der Waals surface area contributed by atoms with Crippen LogP contribution in [0.15, 0.2) is 53.0 Å². The van der Waals surface area contributed by atoms with E-state index in [1.807, 2.05) is 62.4 Å². The summed E-state index contributed by atoms with van der Waals surface area (Å²) in [5.74, 6) is 0.600. The minimum Gasteiger partial charge on any atom is -0.484 e. The summed E-state index contributed by atoms with van der Waals surface area (Å²) in [5, 5.41) is 2.93. The van der Waals surface area contributed by atoms with E-state index in [1.165, 1.54) is 0 Å². The van der Waals surface area contributed by atoms with Crippen LogP contribution in [0.4, 0.5) is 0 Å². The highest BCUT2D eigenvalue weighted by atomic mass is 79.9. The third kappa shape index (κ3) is 4.33. The zero-order valence-electron chi connectivity index (χ0n) is 12.1. The van der Waals surface area contributed by atoms with Crippen LogP contribution in [-0.4, -0.2) is 12.5 Å². The Morgan fingerprint density at radius 3 is 2.57 bits per heavy atom. The van der Waals surface area contributed by atoms with Crippen molar-refractivity contribution in [2.75, 3.05) is 6.61 Å². The number of halogens is 1. The average molecular weight is 348 g/mol. The van der Waals surface area contributed by atoms with Gasteiger partial charge in [0.1, 0.15) is 5.75 Å². The van der Waals surface area contributed by atoms with Gasteiger partial charge in [0, 0.05) is 4.47 Å². The Bertz CT molecular complexity index is 628. The summed E-state index contributed by atoms with van der Waals surface area (Å²) in [6.45, 7) is 3.92. The Hall–Kier alpha value is -1.81. The van der Waals surface area contributed by atoms with Crippen LogP contribution in [0.1, 0.15) is 24.1 Å². The summed E-state index contributed by atoms with van der Waals surface area (Å²) >= 11 is 3.49. The second-order valence-electron chi connectivity index (χ2n) is 4.86. The lowest BCUT2D eigenvalue weighted by molar-refractivity contribution is -0.123. The smallest absolute Gasteiger partial charge is 0.258 e. The molecule has 0 bridgehead atoms. The maximum atomic E-state index is 12.0.